The second kappa shape index (κ2) is 12.0. The number of rotatable bonds is 6. The number of thiocarbonyl (C=S) groups is 1. The minimum absolute atomic E-state index is 0.126. The van der Waals surface area contributed by atoms with Crippen LogP contribution in [0.1, 0.15) is 24.4 Å². The molecule has 0 spiro atoms. The van der Waals surface area contributed by atoms with Gasteiger partial charge in [0.15, 0.2) is 5.11 Å². The number of nitrogens with one attached hydrogen (secondary N) is 3. The van der Waals surface area contributed by atoms with E-state index < -0.39 is 6.04 Å². The van der Waals surface area contributed by atoms with Crippen LogP contribution in [0.4, 0.5) is 5.69 Å². The molecule has 0 bridgehead atoms. The van der Waals surface area contributed by atoms with Crippen molar-refractivity contribution >= 4 is 40.5 Å². The highest BCUT2D eigenvalue weighted by Crippen LogP contribution is 2.18. The van der Waals surface area contributed by atoms with E-state index >= 15 is 0 Å². The highest BCUT2D eigenvalue weighted by molar-refractivity contribution is 7.80. The molecule has 0 aliphatic carbocycles. The van der Waals surface area contributed by atoms with Gasteiger partial charge in [-0.2, -0.15) is 0 Å². The zero-order valence-electron chi connectivity index (χ0n) is 19.5. The maximum Gasteiger partial charge on any atom is 0.261 e. The van der Waals surface area contributed by atoms with Crippen molar-refractivity contribution in [1.82, 2.24) is 25.6 Å². The highest BCUT2D eigenvalue weighted by Gasteiger charge is 2.29. The van der Waals surface area contributed by atoms with Crippen LogP contribution in [0, 0.1) is 0 Å². The predicted octanol–water partition coefficient (Wildman–Crippen LogP) is 3.11. The summed E-state index contributed by atoms with van der Waals surface area (Å²) in [5, 5.41) is 9.37. The first kappa shape index (κ1) is 24.9. The molecule has 2 saturated heterocycles. The molecule has 2 fully saturated rings. The molecule has 7 nitrogen and oxygen atoms in total. The predicted molar refractivity (Wildman–Crippen MR) is 142 cm³/mol. The summed E-state index contributed by atoms with van der Waals surface area (Å²) in [6.07, 6.45) is 2.45. The first-order valence-corrected chi connectivity index (χ1v) is 12.6. The van der Waals surface area contributed by atoms with E-state index in [1.807, 2.05) is 47.5 Å². The van der Waals surface area contributed by atoms with Crippen LogP contribution in [0.15, 0.2) is 54.6 Å². The van der Waals surface area contributed by atoms with E-state index in [1.165, 1.54) is 12.8 Å². The lowest BCUT2D eigenvalue weighted by molar-refractivity contribution is -0.129. The lowest BCUT2D eigenvalue weighted by atomic mass is 10.0. The first-order valence-electron chi connectivity index (χ1n) is 11.8. The Balaban J connectivity index is 1.33. The Hall–Kier alpha value is -2.23. The fourth-order valence-corrected chi connectivity index (χ4v) is 4.92. The van der Waals surface area contributed by atoms with Crippen LogP contribution in [-0.2, 0) is 4.79 Å². The Kier molecular flexibility index (Phi) is 8.74. The largest absolute Gasteiger partial charge is 0.347 e. The van der Waals surface area contributed by atoms with Gasteiger partial charge in [-0.05, 0) is 75.0 Å². The zero-order valence-corrected chi connectivity index (χ0v) is 21.1. The van der Waals surface area contributed by atoms with Gasteiger partial charge in [-0.15, -0.1) is 0 Å². The molecule has 2 aliphatic heterocycles. The number of anilines is 1. The van der Waals surface area contributed by atoms with Crippen LogP contribution in [0.2, 0.25) is 5.02 Å². The summed E-state index contributed by atoms with van der Waals surface area (Å²) < 4.78 is 0. The van der Waals surface area contributed by atoms with Crippen molar-refractivity contribution in [3.8, 4) is 0 Å². The van der Waals surface area contributed by atoms with Crippen molar-refractivity contribution in [2.24, 2.45) is 0 Å². The molecule has 9 heteroatoms. The summed E-state index contributed by atoms with van der Waals surface area (Å²) in [5.74, 6) is -0.126. The van der Waals surface area contributed by atoms with Crippen LogP contribution in [-0.4, -0.2) is 78.2 Å². The summed E-state index contributed by atoms with van der Waals surface area (Å²) >= 11 is 11.5. The number of benzene rings is 2. The number of piperazine rings is 1. The van der Waals surface area contributed by atoms with Crippen LogP contribution >= 0.6 is 23.8 Å². The van der Waals surface area contributed by atoms with Crippen LogP contribution in [0.25, 0.3) is 0 Å². The van der Waals surface area contributed by atoms with Gasteiger partial charge < -0.3 is 15.5 Å². The van der Waals surface area contributed by atoms with Gasteiger partial charge in [0.05, 0.1) is 0 Å². The number of carbonyl (C=O) groups excluding carboxylic acids is 1. The molecular weight excluding hydrogens is 468 g/mol. The topological polar surface area (TPSA) is 62.9 Å². The van der Waals surface area contributed by atoms with Crippen molar-refractivity contribution in [3.63, 3.8) is 0 Å². The third-order valence-corrected chi connectivity index (χ3v) is 7.03. The van der Waals surface area contributed by atoms with Gasteiger partial charge in [-0.25, -0.2) is 5.01 Å². The molecule has 0 saturated carbocycles. The normalized spacial score (nSPS) is 19.4. The van der Waals surface area contributed by atoms with E-state index in [-0.39, 0.29) is 5.91 Å². The van der Waals surface area contributed by atoms with Gasteiger partial charge >= 0.3 is 0 Å². The Morgan fingerprint density at radius 3 is 2.26 bits per heavy atom. The maximum absolute atomic E-state index is 13.3. The zero-order chi connectivity index (χ0) is 23.9. The smallest absolute Gasteiger partial charge is 0.261 e. The van der Waals surface area contributed by atoms with Crippen molar-refractivity contribution in [3.05, 3.63) is 65.2 Å². The highest BCUT2D eigenvalue weighted by atomic mass is 35.5. The summed E-state index contributed by atoms with van der Waals surface area (Å²) in [6, 6.07) is 17.0. The molecule has 2 aromatic rings. The van der Waals surface area contributed by atoms with E-state index in [0.717, 1.165) is 50.5 Å². The number of hydrogen-bond acceptors (Lipinski definition) is 5. The summed E-state index contributed by atoms with van der Waals surface area (Å²) in [5.41, 5.74) is 4.77. The molecule has 2 aliphatic rings. The molecule has 4 rings (SSSR count). The standard InChI is InChI=1S/C25H33ClN6OS/c1-30-13-11-22(12-14-30)31-15-17-32(18-16-31)29-24(33)23(19-5-3-2-4-6-19)28-25(34)27-21-9-7-20(26)8-10-21/h2-10,22-23H,11-18H2,1H3,(H,29,33)(H2,27,28,34)/t23-/m1/s1. The van der Waals surface area contributed by atoms with Crippen molar-refractivity contribution in [2.75, 3.05) is 51.6 Å². The van der Waals surface area contributed by atoms with Crippen molar-refractivity contribution in [1.29, 1.82) is 0 Å². The number of carbonyl (C=O) groups is 1. The number of amides is 1. The molecule has 182 valence electrons. The molecule has 2 heterocycles. The molecule has 1 amide bonds. The molecule has 1 atom stereocenters. The van der Waals surface area contributed by atoms with Gasteiger partial charge in [0.2, 0.25) is 0 Å². The lowest BCUT2D eigenvalue weighted by Gasteiger charge is -2.42. The third-order valence-electron chi connectivity index (χ3n) is 6.56. The molecule has 34 heavy (non-hydrogen) atoms. The van der Waals surface area contributed by atoms with Crippen LogP contribution in [0.3, 0.4) is 0 Å². The summed E-state index contributed by atoms with van der Waals surface area (Å²) in [7, 11) is 2.19. The number of likely N-dealkylation sites (tertiary alicyclic amines) is 1. The second-order valence-corrected chi connectivity index (χ2v) is 9.83. The molecule has 0 aromatic heterocycles. The SMILES string of the molecule is CN1CCC(N2CCN(NC(=O)[C@H](NC(=S)Nc3ccc(Cl)cc3)c3ccccc3)CC2)CC1. The number of hydrogen-bond donors (Lipinski definition) is 3. The average molecular weight is 501 g/mol. The fourth-order valence-electron chi connectivity index (χ4n) is 4.56. The Labute approximate surface area is 212 Å². The second-order valence-electron chi connectivity index (χ2n) is 8.98. The molecule has 0 unspecified atom stereocenters. The summed E-state index contributed by atoms with van der Waals surface area (Å²) in [4.78, 5) is 18.3. The van der Waals surface area contributed by atoms with Crippen molar-refractivity contribution < 1.29 is 4.79 Å². The van der Waals surface area contributed by atoms with E-state index in [1.54, 1.807) is 12.1 Å². The van der Waals surface area contributed by atoms with Gasteiger partial charge in [-0.1, -0.05) is 41.9 Å². The van der Waals surface area contributed by atoms with E-state index in [2.05, 4.69) is 32.9 Å². The minimum Gasteiger partial charge on any atom is -0.347 e. The fraction of sp³-hybridized carbons (Fsp3) is 0.440. The number of nitrogens with zero attached hydrogens (tertiary/aromatic N) is 3. The van der Waals surface area contributed by atoms with Gasteiger partial charge in [0.1, 0.15) is 6.04 Å². The van der Waals surface area contributed by atoms with E-state index in [0.29, 0.717) is 16.2 Å². The van der Waals surface area contributed by atoms with Crippen LogP contribution < -0.4 is 16.1 Å². The number of piperidine rings is 1. The lowest BCUT2D eigenvalue weighted by Crippen LogP contribution is -2.58. The van der Waals surface area contributed by atoms with Gasteiger partial charge in [0.25, 0.3) is 5.91 Å². The number of hydrazine groups is 1. The number of halogens is 1. The molecule has 2 aromatic carbocycles. The summed E-state index contributed by atoms with van der Waals surface area (Å²) in [6.45, 7) is 5.88. The minimum atomic E-state index is -0.611. The third kappa shape index (κ3) is 6.90. The average Bonchev–Trinajstić information content (AvgIpc) is 2.85. The van der Waals surface area contributed by atoms with Crippen LogP contribution in [0.5, 0.6) is 0 Å². The van der Waals surface area contributed by atoms with Gasteiger partial charge in [-0.3, -0.25) is 15.1 Å². The quantitative estimate of drug-likeness (QED) is 0.527. The molecular formula is C25H33ClN6OS. The monoisotopic (exact) mass is 500 g/mol. The Morgan fingerprint density at radius 1 is 0.971 bits per heavy atom. The first-order chi connectivity index (χ1) is 16.5. The molecule has 0 radical (unpaired) electrons. The Bertz CT molecular complexity index is 944. The van der Waals surface area contributed by atoms with Gasteiger partial charge in [0, 0.05) is 42.9 Å². The van der Waals surface area contributed by atoms with E-state index in [9.17, 15) is 4.79 Å². The van der Waals surface area contributed by atoms with E-state index in [4.69, 9.17) is 23.8 Å². The Morgan fingerprint density at radius 2 is 1.62 bits per heavy atom. The van der Waals surface area contributed by atoms with Crippen molar-refractivity contribution in [2.45, 2.75) is 24.9 Å². The maximum atomic E-state index is 13.3. The molecule has 3 N–H and O–H groups in total.